The van der Waals surface area contributed by atoms with Gasteiger partial charge in [0.1, 0.15) is 12.2 Å². The average Bonchev–Trinajstić information content (AvgIpc) is 2.67. The zero-order valence-corrected chi connectivity index (χ0v) is 17.1. The molecule has 1 saturated carbocycles. The summed E-state index contributed by atoms with van der Waals surface area (Å²) in [6.07, 6.45) is -3.25. The molecule has 1 unspecified atom stereocenters. The lowest BCUT2D eigenvalue weighted by atomic mass is 9.78. The van der Waals surface area contributed by atoms with Crippen LogP contribution in [0.15, 0.2) is 71.8 Å². The van der Waals surface area contributed by atoms with Crippen molar-refractivity contribution in [2.45, 2.75) is 63.3 Å². The lowest BCUT2D eigenvalue weighted by Gasteiger charge is -2.29. The van der Waals surface area contributed by atoms with Crippen LogP contribution in [0.2, 0.25) is 0 Å². The number of ketones is 1. The summed E-state index contributed by atoms with van der Waals surface area (Å²) in [6.45, 7) is 9.28. The molecular formula is C24H27F4NO. The highest BCUT2D eigenvalue weighted by atomic mass is 19.4. The zero-order chi connectivity index (χ0) is 22.3. The number of benzene rings is 1. The van der Waals surface area contributed by atoms with E-state index in [9.17, 15) is 22.4 Å². The first-order valence-corrected chi connectivity index (χ1v) is 9.94. The smallest absolute Gasteiger partial charge is 0.292 e. The molecule has 0 bridgehead atoms. The molecule has 0 radical (unpaired) electrons. The molecule has 0 heterocycles. The molecule has 162 valence electrons. The van der Waals surface area contributed by atoms with Crippen LogP contribution in [-0.4, -0.2) is 29.9 Å². The summed E-state index contributed by atoms with van der Waals surface area (Å²) in [7, 11) is 0. The van der Waals surface area contributed by atoms with Gasteiger partial charge >= 0.3 is 6.18 Å². The molecule has 0 aromatic heterocycles. The minimum atomic E-state index is -4.21. The first kappa shape index (κ1) is 23.8. The topological polar surface area (TPSA) is 29.4 Å². The van der Waals surface area contributed by atoms with E-state index in [1.54, 1.807) is 6.92 Å². The summed E-state index contributed by atoms with van der Waals surface area (Å²) >= 11 is 0. The molecule has 0 N–H and O–H groups in total. The second kappa shape index (κ2) is 10.5. The molecule has 0 spiro atoms. The minimum Gasteiger partial charge on any atom is -0.292 e. The van der Waals surface area contributed by atoms with Crippen molar-refractivity contribution in [2.75, 3.05) is 0 Å². The Morgan fingerprint density at radius 3 is 2.57 bits per heavy atom. The fourth-order valence-corrected chi connectivity index (χ4v) is 3.54. The average molecular weight is 421 g/mol. The van der Waals surface area contributed by atoms with Crippen LogP contribution in [0.25, 0.3) is 0 Å². The van der Waals surface area contributed by atoms with E-state index in [2.05, 4.69) is 18.2 Å². The monoisotopic (exact) mass is 421 g/mol. The number of hydrogen-bond acceptors (Lipinski definition) is 2. The Bertz CT molecular complexity index is 823. The maximum Gasteiger partial charge on any atom is 0.389 e. The van der Waals surface area contributed by atoms with E-state index < -0.39 is 30.6 Å². The normalized spacial score (nSPS) is 22.8. The largest absolute Gasteiger partial charge is 0.389 e. The van der Waals surface area contributed by atoms with Gasteiger partial charge in [-0.1, -0.05) is 54.1 Å². The third-order valence-corrected chi connectivity index (χ3v) is 5.15. The van der Waals surface area contributed by atoms with Crippen LogP contribution in [0.3, 0.4) is 0 Å². The van der Waals surface area contributed by atoms with E-state index in [-0.39, 0.29) is 37.3 Å². The highest BCUT2D eigenvalue weighted by Crippen LogP contribution is 2.36. The van der Waals surface area contributed by atoms with Crippen molar-refractivity contribution in [2.24, 2.45) is 4.99 Å². The number of rotatable bonds is 8. The fraction of sp³-hybridized carbons (Fsp3) is 0.417. The van der Waals surface area contributed by atoms with Crippen LogP contribution < -0.4 is 0 Å². The Kier molecular flexibility index (Phi) is 8.33. The van der Waals surface area contributed by atoms with Gasteiger partial charge in [-0.3, -0.25) is 9.79 Å². The molecule has 3 atom stereocenters. The van der Waals surface area contributed by atoms with E-state index in [1.165, 1.54) is 12.2 Å². The van der Waals surface area contributed by atoms with Crippen molar-refractivity contribution < 1.29 is 22.4 Å². The highest BCUT2D eigenvalue weighted by molar-refractivity contribution is 6.00. The third kappa shape index (κ3) is 7.08. The quantitative estimate of drug-likeness (QED) is 0.261. The third-order valence-electron chi connectivity index (χ3n) is 5.15. The summed E-state index contributed by atoms with van der Waals surface area (Å²) in [5.74, 6) is -0.515. The summed E-state index contributed by atoms with van der Waals surface area (Å²) in [6, 6.07) is 8.61. The molecule has 0 saturated heterocycles. The molecular weight excluding hydrogens is 394 g/mol. The number of carbonyl (C=O) groups is 1. The number of aliphatic imine (C=N–C) groups is 1. The molecule has 0 amide bonds. The first-order chi connectivity index (χ1) is 14.1. The molecule has 1 aromatic rings. The van der Waals surface area contributed by atoms with Crippen LogP contribution in [0.5, 0.6) is 0 Å². The van der Waals surface area contributed by atoms with Gasteiger partial charge in [0, 0.05) is 18.8 Å². The first-order valence-electron chi connectivity index (χ1n) is 9.94. The minimum absolute atomic E-state index is 0.0837. The van der Waals surface area contributed by atoms with E-state index >= 15 is 0 Å². The van der Waals surface area contributed by atoms with Gasteiger partial charge in [-0.05, 0) is 37.8 Å². The lowest BCUT2D eigenvalue weighted by molar-refractivity contribution is -0.135. The Hall–Kier alpha value is -2.50. The van der Waals surface area contributed by atoms with E-state index in [0.29, 0.717) is 5.57 Å². The second-order valence-electron chi connectivity index (χ2n) is 7.66. The summed E-state index contributed by atoms with van der Waals surface area (Å²) in [5, 5.41) is 0. The van der Waals surface area contributed by atoms with E-state index in [0.717, 1.165) is 11.1 Å². The summed E-state index contributed by atoms with van der Waals surface area (Å²) < 4.78 is 51.6. The molecule has 1 aliphatic carbocycles. The van der Waals surface area contributed by atoms with Crippen molar-refractivity contribution in [3.8, 4) is 0 Å². The van der Waals surface area contributed by atoms with Crippen LogP contribution in [0.1, 0.15) is 50.5 Å². The fourth-order valence-electron chi connectivity index (χ4n) is 3.54. The van der Waals surface area contributed by atoms with Crippen molar-refractivity contribution in [1.82, 2.24) is 0 Å². The van der Waals surface area contributed by atoms with Crippen molar-refractivity contribution in [3.05, 3.63) is 72.4 Å². The van der Waals surface area contributed by atoms with Crippen LogP contribution in [0.4, 0.5) is 17.6 Å². The number of halogens is 4. The maximum absolute atomic E-state index is 14.8. The molecule has 2 nitrogen and oxygen atoms in total. The van der Waals surface area contributed by atoms with E-state index in [1.807, 2.05) is 30.3 Å². The molecule has 0 aliphatic heterocycles. The van der Waals surface area contributed by atoms with Gasteiger partial charge in [0.15, 0.2) is 5.78 Å². The predicted octanol–water partition coefficient (Wildman–Crippen LogP) is 6.70. The lowest BCUT2D eigenvalue weighted by Crippen LogP contribution is -2.29. The Morgan fingerprint density at radius 1 is 1.30 bits per heavy atom. The van der Waals surface area contributed by atoms with Crippen molar-refractivity contribution in [1.29, 1.82) is 0 Å². The van der Waals surface area contributed by atoms with Gasteiger partial charge in [0.2, 0.25) is 0 Å². The standard InChI is InChI=1S/C24H27F4NO/c1-4-21(23(30)13-16(2)9-8-12-24(26,27)28)29-22-14-17(3)19(15-20(22)25)18-10-6-5-7-11-18/h4-7,10-11,13,19-21H,1,3,8-9,12,14-15H2,2H3/b16-13+,29-22?/t19-,20+,21?/m1/s1. The molecule has 1 aromatic carbocycles. The zero-order valence-electron chi connectivity index (χ0n) is 17.1. The SMILES string of the molecule is C=CC(N=C1CC(=C)[C@H](c2ccccc2)C[C@@H]1F)C(=O)/C=C(\C)CCCC(F)(F)F. The van der Waals surface area contributed by atoms with E-state index in [4.69, 9.17) is 0 Å². The highest BCUT2D eigenvalue weighted by Gasteiger charge is 2.31. The molecule has 6 heteroatoms. The Balaban J connectivity index is 2.04. The number of hydrogen-bond donors (Lipinski definition) is 0. The number of alkyl halides is 4. The molecule has 1 fully saturated rings. The van der Waals surface area contributed by atoms with Crippen molar-refractivity contribution >= 4 is 11.5 Å². The summed E-state index contributed by atoms with van der Waals surface area (Å²) in [4.78, 5) is 16.7. The molecule has 2 rings (SSSR count). The van der Waals surface area contributed by atoms with Gasteiger partial charge in [0.25, 0.3) is 0 Å². The second-order valence-corrected chi connectivity index (χ2v) is 7.66. The van der Waals surface area contributed by atoms with Gasteiger partial charge in [-0.2, -0.15) is 13.2 Å². The Labute approximate surface area is 175 Å². The summed E-state index contributed by atoms with van der Waals surface area (Å²) in [5.41, 5.74) is 2.62. The molecule has 30 heavy (non-hydrogen) atoms. The molecule has 1 aliphatic rings. The Morgan fingerprint density at radius 2 is 1.97 bits per heavy atom. The maximum atomic E-state index is 14.8. The van der Waals surface area contributed by atoms with Crippen LogP contribution in [-0.2, 0) is 4.79 Å². The van der Waals surface area contributed by atoms with Crippen molar-refractivity contribution in [3.63, 3.8) is 0 Å². The van der Waals surface area contributed by atoms with Gasteiger partial charge in [-0.15, -0.1) is 6.58 Å². The van der Waals surface area contributed by atoms with Gasteiger partial charge in [0.05, 0.1) is 5.71 Å². The van der Waals surface area contributed by atoms with Crippen LogP contribution >= 0.6 is 0 Å². The predicted molar refractivity (Wildman–Crippen MR) is 113 cm³/mol. The number of nitrogens with zero attached hydrogens (tertiary/aromatic N) is 1. The van der Waals surface area contributed by atoms with Gasteiger partial charge < -0.3 is 0 Å². The number of allylic oxidation sites excluding steroid dienone is 2. The number of carbonyl (C=O) groups excluding carboxylic acids is 1. The van der Waals surface area contributed by atoms with Gasteiger partial charge in [-0.25, -0.2) is 4.39 Å². The van der Waals surface area contributed by atoms with Crippen LogP contribution in [0, 0.1) is 0 Å².